The lowest BCUT2D eigenvalue weighted by atomic mass is 10.2. The first-order valence-electron chi connectivity index (χ1n) is 7.53. The van der Waals surface area contributed by atoms with Crippen LogP contribution in [-0.4, -0.2) is 43.6 Å². The van der Waals surface area contributed by atoms with E-state index in [-0.39, 0.29) is 16.6 Å². The van der Waals surface area contributed by atoms with Crippen molar-refractivity contribution in [1.82, 2.24) is 9.46 Å². The van der Waals surface area contributed by atoms with Gasteiger partial charge in [-0.05, 0) is 38.1 Å². The molecule has 0 unspecified atom stereocenters. The summed E-state index contributed by atoms with van der Waals surface area (Å²) in [5.74, 6) is 1.54. The first-order valence-corrected chi connectivity index (χ1v) is 10.1. The summed E-state index contributed by atoms with van der Waals surface area (Å²) in [4.78, 5) is 12.2. The SMILES string of the molecule is Cc1noc(C)c1CSCC(=O)Nc1ccc(S(=O)(=O)N(C)C)cc1. The molecule has 9 heteroatoms. The van der Waals surface area contributed by atoms with E-state index in [4.69, 9.17) is 4.52 Å². The van der Waals surface area contributed by atoms with Crippen LogP contribution in [0.5, 0.6) is 0 Å². The first kappa shape index (κ1) is 19.5. The van der Waals surface area contributed by atoms with E-state index < -0.39 is 10.0 Å². The van der Waals surface area contributed by atoms with Crippen molar-refractivity contribution in [1.29, 1.82) is 0 Å². The summed E-state index contributed by atoms with van der Waals surface area (Å²) in [6.07, 6.45) is 0. The Bertz CT molecular complexity index is 823. The number of nitrogens with zero attached hydrogens (tertiary/aromatic N) is 2. The molecule has 1 aromatic carbocycles. The average Bonchev–Trinajstić information content (AvgIpc) is 2.87. The van der Waals surface area contributed by atoms with Crippen LogP contribution in [0.2, 0.25) is 0 Å². The lowest BCUT2D eigenvalue weighted by Crippen LogP contribution is -2.22. The molecule has 0 spiro atoms. The van der Waals surface area contributed by atoms with E-state index in [9.17, 15) is 13.2 Å². The van der Waals surface area contributed by atoms with Crippen molar-refractivity contribution in [3.63, 3.8) is 0 Å². The van der Waals surface area contributed by atoms with Crippen LogP contribution in [0.4, 0.5) is 5.69 Å². The minimum atomic E-state index is -3.47. The molecule has 1 heterocycles. The van der Waals surface area contributed by atoms with Gasteiger partial charge >= 0.3 is 0 Å². The molecule has 0 fully saturated rings. The predicted molar refractivity (Wildman–Crippen MR) is 98.1 cm³/mol. The van der Waals surface area contributed by atoms with Crippen molar-refractivity contribution >= 4 is 33.4 Å². The van der Waals surface area contributed by atoms with Gasteiger partial charge in [-0.2, -0.15) is 0 Å². The Kier molecular flexibility index (Phi) is 6.26. The molecule has 0 saturated heterocycles. The Balaban J connectivity index is 1.89. The summed E-state index contributed by atoms with van der Waals surface area (Å²) in [6, 6.07) is 6.10. The van der Waals surface area contributed by atoms with Crippen LogP contribution in [0, 0.1) is 13.8 Å². The number of anilines is 1. The summed E-state index contributed by atoms with van der Waals surface area (Å²) in [6.45, 7) is 3.72. The molecule has 0 aliphatic rings. The van der Waals surface area contributed by atoms with Gasteiger partial charge in [-0.25, -0.2) is 12.7 Å². The number of thioether (sulfide) groups is 1. The van der Waals surface area contributed by atoms with Crippen molar-refractivity contribution in [2.24, 2.45) is 0 Å². The van der Waals surface area contributed by atoms with E-state index >= 15 is 0 Å². The van der Waals surface area contributed by atoms with Crippen LogP contribution in [0.1, 0.15) is 17.0 Å². The smallest absolute Gasteiger partial charge is 0.242 e. The molecule has 0 atom stereocenters. The summed E-state index contributed by atoms with van der Waals surface area (Å²) < 4.78 is 30.2. The predicted octanol–water partition coefficient (Wildman–Crippen LogP) is 2.41. The largest absolute Gasteiger partial charge is 0.361 e. The Labute approximate surface area is 151 Å². The summed E-state index contributed by atoms with van der Waals surface area (Å²) >= 11 is 1.46. The van der Waals surface area contributed by atoms with E-state index in [0.717, 1.165) is 21.3 Å². The molecule has 2 aromatic rings. The Morgan fingerprint density at radius 3 is 2.40 bits per heavy atom. The fraction of sp³-hybridized carbons (Fsp3) is 0.375. The number of hydrogen-bond donors (Lipinski definition) is 1. The molecule has 0 aliphatic carbocycles. The van der Waals surface area contributed by atoms with Crippen LogP contribution >= 0.6 is 11.8 Å². The van der Waals surface area contributed by atoms with Crippen LogP contribution < -0.4 is 5.32 Å². The molecule has 1 aromatic heterocycles. The molecule has 0 radical (unpaired) electrons. The van der Waals surface area contributed by atoms with Crippen molar-refractivity contribution < 1.29 is 17.7 Å². The second-order valence-electron chi connectivity index (χ2n) is 5.66. The second kappa shape index (κ2) is 8.03. The standard InChI is InChI=1S/C16H21N3O4S2/c1-11-15(12(2)23-18-11)9-24-10-16(20)17-13-5-7-14(8-6-13)25(21,22)19(3)4/h5-8H,9-10H2,1-4H3,(H,17,20). The van der Waals surface area contributed by atoms with Crippen molar-refractivity contribution in [3.8, 4) is 0 Å². The Morgan fingerprint density at radius 2 is 1.88 bits per heavy atom. The summed E-state index contributed by atoms with van der Waals surface area (Å²) in [5.41, 5.74) is 2.40. The molecule has 0 bridgehead atoms. The quantitative estimate of drug-likeness (QED) is 0.789. The molecular weight excluding hydrogens is 362 g/mol. The van der Waals surface area contributed by atoms with Crippen molar-refractivity contribution in [2.75, 3.05) is 25.2 Å². The molecule has 0 saturated carbocycles. The van der Waals surface area contributed by atoms with Crippen LogP contribution in [-0.2, 0) is 20.6 Å². The number of hydrogen-bond acceptors (Lipinski definition) is 6. The van der Waals surface area contributed by atoms with E-state index in [1.54, 1.807) is 12.1 Å². The molecule has 136 valence electrons. The second-order valence-corrected chi connectivity index (χ2v) is 8.79. The third-order valence-electron chi connectivity index (χ3n) is 3.58. The first-order chi connectivity index (χ1) is 11.7. The van der Waals surface area contributed by atoms with E-state index in [0.29, 0.717) is 11.4 Å². The fourth-order valence-electron chi connectivity index (χ4n) is 2.07. The summed E-state index contributed by atoms with van der Waals surface area (Å²) in [5, 5.41) is 6.63. The van der Waals surface area contributed by atoms with Gasteiger partial charge in [-0.1, -0.05) is 5.16 Å². The molecule has 2 rings (SSSR count). The highest BCUT2D eigenvalue weighted by Crippen LogP contribution is 2.20. The number of nitrogens with one attached hydrogen (secondary N) is 1. The van der Waals surface area contributed by atoms with E-state index in [1.165, 1.54) is 38.0 Å². The minimum absolute atomic E-state index is 0.153. The highest BCUT2D eigenvalue weighted by molar-refractivity contribution is 7.99. The fourth-order valence-corrected chi connectivity index (χ4v) is 3.95. The van der Waals surface area contributed by atoms with Gasteiger partial charge in [0, 0.05) is 31.1 Å². The van der Waals surface area contributed by atoms with Crippen molar-refractivity contribution in [3.05, 3.63) is 41.3 Å². The third-order valence-corrected chi connectivity index (χ3v) is 6.37. The molecular formula is C16H21N3O4S2. The van der Waals surface area contributed by atoms with Gasteiger partial charge in [0.2, 0.25) is 15.9 Å². The van der Waals surface area contributed by atoms with E-state index in [2.05, 4.69) is 10.5 Å². The number of aromatic nitrogens is 1. The maximum atomic E-state index is 12.0. The van der Waals surface area contributed by atoms with Gasteiger partial charge < -0.3 is 9.84 Å². The van der Waals surface area contributed by atoms with Gasteiger partial charge in [0.1, 0.15) is 5.76 Å². The number of amides is 1. The number of benzene rings is 1. The Morgan fingerprint density at radius 1 is 1.24 bits per heavy atom. The lowest BCUT2D eigenvalue weighted by Gasteiger charge is -2.12. The molecule has 1 amide bonds. The number of sulfonamides is 1. The van der Waals surface area contributed by atoms with Crippen molar-refractivity contribution in [2.45, 2.75) is 24.5 Å². The Hall–Kier alpha value is -1.84. The molecule has 1 N–H and O–H groups in total. The number of carbonyl (C=O) groups excluding carboxylic acids is 1. The average molecular weight is 383 g/mol. The lowest BCUT2D eigenvalue weighted by molar-refractivity contribution is -0.113. The zero-order chi connectivity index (χ0) is 18.6. The minimum Gasteiger partial charge on any atom is -0.361 e. The zero-order valence-electron chi connectivity index (χ0n) is 14.6. The topological polar surface area (TPSA) is 92.5 Å². The van der Waals surface area contributed by atoms with Gasteiger partial charge in [-0.15, -0.1) is 11.8 Å². The molecule has 7 nitrogen and oxygen atoms in total. The van der Waals surface area contributed by atoms with Crippen LogP contribution in [0.15, 0.2) is 33.7 Å². The zero-order valence-corrected chi connectivity index (χ0v) is 16.2. The van der Waals surface area contributed by atoms with Gasteiger partial charge in [0.25, 0.3) is 0 Å². The van der Waals surface area contributed by atoms with Crippen LogP contribution in [0.25, 0.3) is 0 Å². The molecule has 0 aliphatic heterocycles. The normalized spacial score (nSPS) is 11.7. The van der Waals surface area contributed by atoms with Gasteiger partial charge in [0.05, 0.1) is 16.3 Å². The van der Waals surface area contributed by atoms with Gasteiger partial charge in [0.15, 0.2) is 0 Å². The number of rotatable bonds is 7. The molecule has 25 heavy (non-hydrogen) atoms. The number of aryl methyl sites for hydroxylation is 2. The van der Waals surface area contributed by atoms with E-state index in [1.807, 2.05) is 13.8 Å². The monoisotopic (exact) mass is 383 g/mol. The highest BCUT2D eigenvalue weighted by Gasteiger charge is 2.17. The number of carbonyl (C=O) groups is 1. The van der Waals surface area contributed by atoms with Crippen LogP contribution in [0.3, 0.4) is 0 Å². The maximum Gasteiger partial charge on any atom is 0.242 e. The van der Waals surface area contributed by atoms with Gasteiger partial charge in [-0.3, -0.25) is 4.79 Å². The summed E-state index contributed by atoms with van der Waals surface area (Å²) in [7, 11) is -0.521. The maximum absolute atomic E-state index is 12.0. The highest BCUT2D eigenvalue weighted by atomic mass is 32.2. The third kappa shape index (κ3) is 4.83.